The molecular weight excluding hydrogens is 244 g/mol. The summed E-state index contributed by atoms with van der Waals surface area (Å²) in [5.74, 6) is 0. The molecule has 1 aromatic rings. The molecule has 0 aliphatic carbocycles. The Morgan fingerprint density at radius 2 is 1.89 bits per heavy atom. The third-order valence-corrected chi connectivity index (χ3v) is 4.14. The van der Waals surface area contributed by atoms with Gasteiger partial charge in [0.1, 0.15) is 0 Å². The van der Waals surface area contributed by atoms with Crippen molar-refractivity contribution in [1.82, 2.24) is 0 Å². The Hall–Kier alpha value is -0.530. The summed E-state index contributed by atoms with van der Waals surface area (Å²) in [6, 6.07) is 6.56. The van der Waals surface area contributed by atoms with E-state index in [1.165, 1.54) is 48.8 Å². The minimum Gasteiger partial charge on any atom is -0.372 e. The van der Waals surface area contributed by atoms with Gasteiger partial charge in [-0.1, -0.05) is 57.2 Å². The van der Waals surface area contributed by atoms with Crippen LogP contribution >= 0.6 is 11.6 Å². The molecule has 1 nitrogen and oxygen atoms in total. The second-order valence-corrected chi connectivity index (χ2v) is 5.72. The maximum atomic E-state index is 6.48. The molecule has 1 heterocycles. The fourth-order valence-electron chi connectivity index (χ4n) is 2.48. The maximum absolute atomic E-state index is 6.48. The molecule has 1 aromatic carbocycles. The van der Waals surface area contributed by atoms with Crippen LogP contribution in [0.3, 0.4) is 0 Å². The normalized spacial score (nSPS) is 15.7. The summed E-state index contributed by atoms with van der Waals surface area (Å²) in [6.45, 7) is 3.76. The van der Waals surface area contributed by atoms with Gasteiger partial charge in [-0.25, -0.2) is 0 Å². The highest BCUT2D eigenvalue weighted by molar-refractivity contribution is 6.20. The van der Waals surface area contributed by atoms with Crippen LogP contribution in [-0.2, 0) is 18.0 Å². The van der Waals surface area contributed by atoms with E-state index < -0.39 is 0 Å². The Morgan fingerprint density at radius 1 is 1.11 bits per heavy atom. The van der Waals surface area contributed by atoms with E-state index in [4.69, 9.17) is 16.3 Å². The monoisotopic (exact) mass is 266 g/mol. The van der Waals surface area contributed by atoms with Crippen LogP contribution in [0, 0.1) is 0 Å². The first-order valence-corrected chi connectivity index (χ1v) is 7.58. The van der Waals surface area contributed by atoms with Gasteiger partial charge in [-0.15, -0.1) is 11.6 Å². The van der Waals surface area contributed by atoms with Crippen molar-refractivity contribution in [1.29, 1.82) is 0 Å². The molecule has 18 heavy (non-hydrogen) atoms. The van der Waals surface area contributed by atoms with Crippen molar-refractivity contribution in [2.75, 3.05) is 0 Å². The second-order valence-electron chi connectivity index (χ2n) is 5.19. The van der Waals surface area contributed by atoms with Crippen molar-refractivity contribution >= 4 is 11.6 Å². The van der Waals surface area contributed by atoms with Crippen molar-refractivity contribution in [3.8, 4) is 0 Å². The van der Waals surface area contributed by atoms with Crippen LogP contribution in [0.2, 0.25) is 0 Å². The first-order chi connectivity index (χ1) is 8.81. The molecule has 0 saturated carbocycles. The number of ether oxygens (including phenoxy) is 1. The number of alkyl halides is 1. The van der Waals surface area contributed by atoms with Gasteiger partial charge in [-0.3, -0.25) is 0 Å². The van der Waals surface area contributed by atoms with Crippen LogP contribution in [0.4, 0.5) is 0 Å². The number of rotatable bonds is 7. The van der Waals surface area contributed by atoms with E-state index in [1.807, 2.05) is 0 Å². The van der Waals surface area contributed by atoms with Crippen LogP contribution in [0.25, 0.3) is 0 Å². The Bertz CT molecular complexity index is 375. The molecule has 0 radical (unpaired) electrons. The summed E-state index contributed by atoms with van der Waals surface area (Å²) in [7, 11) is 0. The summed E-state index contributed by atoms with van der Waals surface area (Å²) in [5.41, 5.74) is 3.91. The van der Waals surface area contributed by atoms with Gasteiger partial charge in [0.05, 0.1) is 18.6 Å². The van der Waals surface area contributed by atoms with Crippen molar-refractivity contribution in [2.45, 2.75) is 64.0 Å². The first-order valence-electron chi connectivity index (χ1n) is 7.14. The van der Waals surface area contributed by atoms with Crippen molar-refractivity contribution in [3.63, 3.8) is 0 Å². The lowest BCUT2D eigenvalue weighted by Crippen LogP contribution is -1.93. The molecule has 1 atom stereocenters. The van der Waals surface area contributed by atoms with Gasteiger partial charge in [-0.05, 0) is 23.1 Å². The summed E-state index contributed by atoms with van der Waals surface area (Å²) < 4.78 is 5.43. The molecule has 0 spiro atoms. The predicted molar refractivity (Wildman–Crippen MR) is 76.9 cm³/mol. The average molecular weight is 267 g/mol. The van der Waals surface area contributed by atoms with Gasteiger partial charge in [-0.2, -0.15) is 0 Å². The van der Waals surface area contributed by atoms with E-state index in [9.17, 15) is 0 Å². The maximum Gasteiger partial charge on any atom is 0.0725 e. The lowest BCUT2D eigenvalue weighted by Gasteiger charge is -2.11. The minimum atomic E-state index is 0.164. The second kappa shape index (κ2) is 7.16. The Morgan fingerprint density at radius 3 is 2.72 bits per heavy atom. The fraction of sp³-hybridized carbons (Fsp3) is 0.625. The molecular formula is C16H23ClO. The van der Waals surface area contributed by atoms with E-state index in [0.29, 0.717) is 0 Å². The van der Waals surface area contributed by atoms with Gasteiger partial charge in [0.2, 0.25) is 0 Å². The lowest BCUT2D eigenvalue weighted by molar-refractivity contribution is 0.134. The highest BCUT2D eigenvalue weighted by Gasteiger charge is 2.14. The molecule has 1 aliphatic rings. The van der Waals surface area contributed by atoms with Crippen LogP contribution in [-0.4, -0.2) is 0 Å². The number of hydrogen-bond acceptors (Lipinski definition) is 1. The molecule has 0 fully saturated rings. The quantitative estimate of drug-likeness (QED) is 0.477. The highest BCUT2D eigenvalue weighted by atomic mass is 35.5. The van der Waals surface area contributed by atoms with Crippen LogP contribution in [0.1, 0.15) is 67.5 Å². The molecule has 2 heteroatoms. The fourth-order valence-corrected chi connectivity index (χ4v) is 2.77. The van der Waals surface area contributed by atoms with E-state index in [-0.39, 0.29) is 5.38 Å². The van der Waals surface area contributed by atoms with E-state index in [0.717, 1.165) is 19.6 Å². The summed E-state index contributed by atoms with van der Waals surface area (Å²) in [4.78, 5) is 0. The summed E-state index contributed by atoms with van der Waals surface area (Å²) in [6.07, 6.45) is 7.63. The van der Waals surface area contributed by atoms with Crippen LogP contribution < -0.4 is 0 Å². The third-order valence-electron chi connectivity index (χ3n) is 3.67. The van der Waals surface area contributed by atoms with E-state index in [1.54, 1.807) is 0 Å². The number of halogens is 1. The van der Waals surface area contributed by atoms with Crippen molar-refractivity contribution in [3.05, 3.63) is 34.9 Å². The molecule has 1 unspecified atom stereocenters. The van der Waals surface area contributed by atoms with Crippen LogP contribution in [0.15, 0.2) is 18.2 Å². The Labute approximate surface area is 115 Å². The van der Waals surface area contributed by atoms with Crippen molar-refractivity contribution < 1.29 is 4.74 Å². The summed E-state index contributed by atoms with van der Waals surface area (Å²) >= 11 is 6.48. The number of hydrogen-bond donors (Lipinski definition) is 0. The van der Waals surface area contributed by atoms with E-state index >= 15 is 0 Å². The number of unbranched alkanes of at least 4 members (excludes halogenated alkanes) is 4. The lowest BCUT2D eigenvalue weighted by atomic mass is 10.0. The molecule has 0 aromatic heterocycles. The molecule has 0 saturated heterocycles. The smallest absolute Gasteiger partial charge is 0.0725 e. The molecule has 100 valence electrons. The number of benzene rings is 1. The van der Waals surface area contributed by atoms with Gasteiger partial charge in [0.15, 0.2) is 0 Å². The van der Waals surface area contributed by atoms with Gasteiger partial charge in [0, 0.05) is 0 Å². The zero-order valence-corrected chi connectivity index (χ0v) is 12.0. The largest absolute Gasteiger partial charge is 0.372 e. The van der Waals surface area contributed by atoms with E-state index in [2.05, 4.69) is 25.1 Å². The predicted octanol–water partition coefficient (Wildman–Crippen LogP) is 5.36. The topological polar surface area (TPSA) is 9.23 Å². The standard InChI is InChI=1S/C16H23ClO/c1-2-3-4-5-6-7-16(17)13-8-9-14-11-18-12-15(14)10-13/h8-10,16H,2-7,11-12H2,1H3. The minimum absolute atomic E-state index is 0.164. The molecule has 0 bridgehead atoms. The Kier molecular flexibility index (Phi) is 5.52. The van der Waals surface area contributed by atoms with Gasteiger partial charge < -0.3 is 4.74 Å². The molecule has 1 aliphatic heterocycles. The van der Waals surface area contributed by atoms with Crippen molar-refractivity contribution in [2.24, 2.45) is 0 Å². The zero-order valence-electron chi connectivity index (χ0n) is 11.3. The van der Waals surface area contributed by atoms with Crippen LogP contribution in [0.5, 0.6) is 0 Å². The van der Waals surface area contributed by atoms with Gasteiger partial charge in [0.25, 0.3) is 0 Å². The third kappa shape index (κ3) is 3.73. The number of fused-ring (bicyclic) bond motifs is 1. The zero-order chi connectivity index (χ0) is 12.8. The molecule has 0 N–H and O–H groups in total. The molecule has 0 amide bonds. The highest BCUT2D eigenvalue weighted by Crippen LogP contribution is 2.30. The van der Waals surface area contributed by atoms with Gasteiger partial charge >= 0.3 is 0 Å². The molecule has 2 rings (SSSR count). The summed E-state index contributed by atoms with van der Waals surface area (Å²) in [5, 5.41) is 0.164. The Balaban J connectivity index is 1.80. The SMILES string of the molecule is CCCCCCCC(Cl)c1ccc2c(c1)COC2. The first kappa shape index (κ1) is 13.9. The average Bonchev–Trinajstić information content (AvgIpc) is 2.85.